The van der Waals surface area contributed by atoms with Crippen LogP contribution < -0.4 is 10.2 Å². The lowest BCUT2D eigenvalue weighted by Crippen LogP contribution is -2.44. The molecule has 4 heteroatoms. The third-order valence-corrected chi connectivity index (χ3v) is 4.91. The van der Waals surface area contributed by atoms with Crippen molar-refractivity contribution in [1.82, 2.24) is 10.3 Å². The average Bonchev–Trinajstić information content (AvgIpc) is 2.40. The molecule has 2 unspecified atom stereocenters. The van der Waals surface area contributed by atoms with E-state index < -0.39 is 0 Å². The number of hydrogen-bond donors (Lipinski definition) is 1. The number of thioether (sulfide) groups is 1. The quantitative estimate of drug-likeness (QED) is 0.905. The fraction of sp³-hybridized carbons (Fsp3) is 0.643. The lowest BCUT2D eigenvalue weighted by molar-refractivity contribution is 0.625. The van der Waals surface area contributed by atoms with Crippen molar-refractivity contribution in [2.24, 2.45) is 0 Å². The smallest absolute Gasteiger partial charge is 0.0562 e. The number of nitrogens with one attached hydrogen (secondary N) is 1. The molecule has 0 bridgehead atoms. The van der Waals surface area contributed by atoms with Crippen LogP contribution in [0.4, 0.5) is 5.69 Å². The van der Waals surface area contributed by atoms with Gasteiger partial charge in [0, 0.05) is 42.0 Å². The van der Waals surface area contributed by atoms with Gasteiger partial charge >= 0.3 is 0 Å². The molecule has 100 valence electrons. The lowest BCUT2D eigenvalue weighted by atomic mass is 10.1. The van der Waals surface area contributed by atoms with Gasteiger partial charge in [-0.05, 0) is 25.6 Å². The van der Waals surface area contributed by atoms with Crippen LogP contribution in [0.5, 0.6) is 0 Å². The Hall–Kier alpha value is -0.740. The molecule has 0 amide bonds. The Balaban J connectivity index is 2.11. The molecule has 1 fully saturated rings. The average molecular weight is 265 g/mol. The van der Waals surface area contributed by atoms with E-state index in [1.165, 1.54) is 11.4 Å². The Kier molecular flexibility index (Phi) is 4.89. The van der Waals surface area contributed by atoms with E-state index in [-0.39, 0.29) is 0 Å². The molecule has 2 rings (SSSR count). The molecule has 0 radical (unpaired) electrons. The minimum Gasteiger partial charge on any atom is -0.367 e. The van der Waals surface area contributed by atoms with Crippen LogP contribution in [-0.4, -0.2) is 35.1 Å². The molecule has 1 N–H and O–H groups in total. The number of hydrogen-bond acceptors (Lipinski definition) is 4. The second-order valence-corrected chi connectivity index (χ2v) is 6.28. The van der Waals surface area contributed by atoms with Gasteiger partial charge in [0.15, 0.2) is 0 Å². The summed E-state index contributed by atoms with van der Waals surface area (Å²) < 4.78 is 0. The van der Waals surface area contributed by atoms with Crippen LogP contribution in [0.3, 0.4) is 0 Å². The fourth-order valence-electron chi connectivity index (χ4n) is 2.29. The molecule has 0 saturated carbocycles. The molecule has 0 aliphatic carbocycles. The number of nitrogens with zero attached hydrogens (tertiary/aromatic N) is 2. The second kappa shape index (κ2) is 6.43. The van der Waals surface area contributed by atoms with Crippen molar-refractivity contribution in [2.75, 3.05) is 23.7 Å². The van der Waals surface area contributed by atoms with Crippen molar-refractivity contribution >= 4 is 17.4 Å². The zero-order chi connectivity index (χ0) is 13.0. The molecule has 1 aromatic heterocycles. The van der Waals surface area contributed by atoms with Crippen molar-refractivity contribution in [3.63, 3.8) is 0 Å². The number of pyridine rings is 1. The zero-order valence-corrected chi connectivity index (χ0v) is 12.3. The van der Waals surface area contributed by atoms with E-state index >= 15 is 0 Å². The summed E-state index contributed by atoms with van der Waals surface area (Å²) in [5.41, 5.74) is 2.45. The van der Waals surface area contributed by atoms with Crippen LogP contribution in [0.25, 0.3) is 0 Å². The van der Waals surface area contributed by atoms with E-state index in [2.05, 4.69) is 59.9 Å². The van der Waals surface area contributed by atoms with Gasteiger partial charge in [-0.2, -0.15) is 11.8 Å². The van der Waals surface area contributed by atoms with Crippen LogP contribution in [0.2, 0.25) is 0 Å². The van der Waals surface area contributed by atoms with E-state index in [0.717, 1.165) is 25.3 Å². The molecule has 1 aliphatic rings. The summed E-state index contributed by atoms with van der Waals surface area (Å²) >= 11 is 2.07. The maximum atomic E-state index is 4.42. The molecule has 1 aromatic rings. The van der Waals surface area contributed by atoms with Gasteiger partial charge in [-0.15, -0.1) is 0 Å². The molecular weight excluding hydrogens is 242 g/mol. The predicted molar refractivity (Wildman–Crippen MR) is 80.3 cm³/mol. The molecule has 2 heterocycles. The van der Waals surface area contributed by atoms with E-state index in [1.807, 2.05) is 6.20 Å². The standard InChI is InChI=1S/C14H23N3S/c1-4-15-10-13-9-14(5-6-16-13)17-7-8-18-12(3)11(17)2/h5-6,9,11-12,15H,4,7-8,10H2,1-3H3. The first kappa shape index (κ1) is 13.7. The Morgan fingerprint density at radius 1 is 1.50 bits per heavy atom. The number of anilines is 1. The van der Waals surface area contributed by atoms with Crippen molar-refractivity contribution in [1.29, 1.82) is 0 Å². The maximum absolute atomic E-state index is 4.42. The predicted octanol–water partition coefficient (Wildman–Crippen LogP) is 2.52. The Labute approximate surface area is 114 Å². The molecule has 0 aromatic carbocycles. The van der Waals surface area contributed by atoms with Crippen LogP contribution >= 0.6 is 11.8 Å². The van der Waals surface area contributed by atoms with Crippen LogP contribution in [0.1, 0.15) is 26.5 Å². The minimum atomic E-state index is 0.595. The van der Waals surface area contributed by atoms with Crippen LogP contribution in [0, 0.1) is 0 Å². The van der Waals surface area contributed by atoms with Gasteiger partial charge < -0.3 is 10.2 Å². The van der Waals surface area contributed by atoms with E-state index in [1.54, 1.807) is 0 Å². The molecule has 2 atom stereocenters. The monoisotopic (exact) mass is 265 g/mol. The molecular formula is C14H23N3S. The van der Waals surface area contributed by atoms with Crippen molar-refractivity contribution in [3.05, 3.63) is 24.0 Å². The minimum absolute atomic E-state index is 0.595. The normalized spacial score (nSPS) is 24.3. The Morgan fingerprint density at radius 2 is 2.33 bits per heavy atom. The molecule has 3 nitrogen and oxygen atoms in total. The van der Waals surface area contributed by atoms with Gasteiger partial charge in [0.05, 0.1) is 5.69 Å². The van der Waals surface area contributed by atoms with Crippen molar-refractivity contribution < 1.29 is 0 Å². The highest BCUT2D eigenvalue weighted by atomic mass is 32.2. The highest BCUT2D eigenvalue weighted by molar-refractivity contribution is 8.00. The Morgan fingerprint density at radius 3 is 3.11 bits per heavy atom. The first-order chi connectivity index (χ1) is 8.72. The summed E-state index contributed by atoms with van der Waals surface area (Å²) in [7, 11) is 0. The first-order valence-corrected chi connectivity index (χ1v) is 7.81. The van der Waals surface area contributed by atoms with E-state index in [0.29, 0.717) is 11.3 Å². The number of aromatic nitrogens is 1. The fourth-order valence-corrected chi connectivity index (χ4v) is 3.39. The van der Waals surface area contributed by atoms with Crippen LogP contribution in [0.15, 0.2) is 18.3 Å². The molecule has 1 saturated heterocycles. The molecule has 0 spiro atoms. The Bertz CT molecular complexity index is 383. The van der Waals surface area contributed by atoms with Gasteiger partial charge in [0.25, 0.3) is 0 Å². The van der Waals surface area contributed by atoms with Gasteiger partial charge in [-0.1, -0.05) is 13.8 Å². The lowest BCUT2D eigenvalue weighted by Gasteiger charge is -2.39. The zero-order valence-electron chi connectivity index (χ0n) is 11.5. The van der Waals surface area contributed by atoms with Crippen LogP contribution in [-0.2, 0) is 6.54 Å². The summed E-state index contributed by atoms with van der Waals surface area (Å²) in [5, 5.41) is 4.03. The van der Waals surface area contributed by atoms with E-state index in [4.69, 9.17) is 0 Å². The molecule has 1 aliphatic heterocycles. The summed E-state index contributed by atoms with van der Waals surface area (Å²) in [4.78, 5) is 6.93. The van der Waals surface area contributed by atoms with Crippen molar-refractivity contribution in [2.45, 2.75) is 38.6 Å². The maximum Gasteiger partial charge on any atom is 0.0562 e. The number of rotatable bonds is 4. The van der Waals surface area contributed by atoms with Gasteiger partial charge in [0.1, 0.15) is 0 Å². The molecule has 18 heavy (non-hydrogen) atoms. The highest BCUT2D eigenvalue weighted by Gasteiger charge is 2.25. The van der Waals surface area contributed by atoms with E-state index in [9.17, 15) is 0 Å². The largest absolute Gasteiger partial charge is 0.367 e. The first-order valence-electron chi connectivity index (χ1n) is 6.76. The summed E-state index contributed by atoms with van der Waals surface area (Å²) in [6, 6.07) is 4.95. The summed E-state index contributed by atoms with van der Waals surface area (Å²) in [5.74, 6) is 1.22. The van der Waals surface area contributed by atoms with Gasteiger partial charge in [-0.3, -0.25) is 4.98 Å². The summed E-state index contributed by atoms with van der Waals surface area (Å²) in [6.07, 6.45) is 1.93. The van der Waals surface area contributed by atoms with Gasteiger partial charge in [0.2, 0.25) is 0 Å². The third kappa shape index (κ3) is 3.18. The highest BCUT2D eigenvalue weighted by Crippen LogP contribution is 2.28. The van der Waals surface area contributed by atoms with Gasteiger partial charge in [-0.25, -0.2) is 0 Å². The second-order valence-electron chi connectivity index (χ2n) is 4.80. The topological polar surface area (TPSA) is 28.2 Å². The van der Waals surface area contributed by atoms with Crippen molar-refractivity contribution in [3.8, 4) is 0 Å². The summed E-state index contributed by atoms with van der Waals surface area (Å²) in [6.45, 7) is 9.75. The third-order valence-electron chi connectivity index (χ3n) is 3.57. The SMILES string of the molecule is CCNCc1cc(N2CCSC(C)C2C)ccn1.